The first kappa shape index (κ1) is 16.4. The number of carbonyl (C=O) groups excluding carboxylic acids is 2. The molecule has 1 atom stereocenters. The summed E-state index contributed by atoms with van der Waals surface area (Å²) >= 11 is 1.06. The highest BCUT2D eigenvalue weighted by molar-refractivity contribution is 7.17. The van der Waals surface area contributed by atoms with E-state index in [-0.39, 0.29) is 11.2 Å². The van der Waals surface area contributed by atoms with Gasteiger partial charge in [-0.3, -0.25) is 20.0 Å². The van der Waals surface area contributed by atoms with E-state index in [9.17, 15) is 9.59 Å². The number of anilines is 1. The van der Waals surface area contributed by atoms with Crippen molar-refractivity contribution in [2.24, 2.45) is 0 Å². The van der Waals surface area contributed by atoms with E-state index < -0.39 is 11.8 Å². The smallest absolute Gasteiger partial charge is 0.315 e. The highest BCUT2D eigenvalue weighted by atomic mass is 32.1. The van der Waals surface area contributed by atoms with Crippen LogP contribution < -0.4 is 10.1 Å². The summed E-state index contributed by atoms with van der Waals surface area (Å²) in [5.74, 6) is -1.30. The summed E-state index contributed by atoms with van der Waals surface area (Å²) in [4.78, 5) is 26.4. The molecule has 1 aliphatic heterocycles. The third-order valence-electron chi connectivity index (χ3n) is 4.03. The fourth-order valence-electron chi connectivity index (χ4n) is 2.98. The number of ether oxygens (including phenoxy) is 1. The first-order chi connectivity index (χ1) is 11.5. The number of nitrogens with one attached hydrogen (secondary N) is 2. The first-order valence-electron chi connectivity index (χ1n) is 7.52. The molecule has 2 N–H and O–H groups in total. The van der Waals surface area contributed by atoms with Gasteiger partial charge < -0.3 is 9.64 Å². The number of hydrogen-bond donors (Lipinski definition) is 2. The maximum Gasteiger partial charge on any atom is 0.315 e. The van der Waals surface area contributed by atoms with Crippen LogP contribution in [0.1, 0.15) is 35.8 Å². The molecule has 3 rings (SSSR count). The SMILES string of the molecule is COc1nnc(NC(=O)C(=O)N2CCC[C@H]2c2c(C)n[nH]c2C)s1. The van der Waals surface area contributed by atoms with Gasteiger partial charge in [-0.05, 0) is 38.0 Å². The summed E-state index contributed by atoms with van der Waals surface area (Å²) in [6.07, 6.45) is 1.66. The van der Waals surface area contributed by atoms with Gasteiger partial charge >= 0.3 is 11.8 Å². The van der Waals surface area contributed by atoms with Crippen molar-refractivity contribution in [3.05, 3.63) is 17.0 Å². The van der Waals surface area contributed by atoms with Gasteiger partial charge in [0.1, 0.15) is 0 Å². The maximum absolute atomic E-state index is 12.6. The highest BCUT2D eigenvalue weighted by Crippen LogP contribution is 2.35. The van der Waals surface area contributed by atoms with Gasteiger partial charge in [-0.2, -0.15) is 5.10 Å². The minimum absolute atomic E-state index is 0.133. The number of aromatic nitrogens is 4. The third-order valence-corrected chi connectivity index (χ3v) is 4.83. The van der Waals surface area contributed by atoms with Crippen molar-refractivity contribution in [1.82, 2.24) is 25.3 Å². The molecule has 0 spiro atoms. The van der Waals surface area contributed by atoms with Crippen LogP contribution in [-0.2, 0) is 9.59 Å². The Hall–Kier alpha value is -2.49. The van der Waals surface area contributed by atoms with Crippen LogP contribution >= 0.6 is 11.3 Å². The first-order valence-corrected chi connectivity index (χ1v) is 8.33. The number of carbonyl (C=O) groups is 2. The average molecular weight is 350 g/mol. The highest BCUT2D eigenvalue weighted by Gasteiger charge is 2.36. The second kappa shape index (κ2) is 6.56. The van der Waals surface area contributed by atoms with Crippen molar-refractivity contribution in [3.63, 3.8) is 0 Å². The molecule has 0 unspecified atom stereocenters. The molecule has 0 aromatic carbocycles. The second-order valence-electron chi connectivity index (χ2n) is 5.54. The van der Waals surface area contributed by atoms with Crippen molar-refractivity contribution in [1.29, 1.82) is 0 Å². The Bertz CT molecular complexity index is 751. The minimum atomic E-state index is -0.723. The van der Waals surface area contributed by atoms with Gasteiger partial charge in [0.05, 0.1) is 18.8 Å². The summed E-state index contributed by atoms with van der Waals surface area (Å²) in [6, 6.07) is -0.133. The molecule has 1 saturated heterocycles. The van der Waals surface area contributed by atoms with Crippen molar-refractivity contribution < 1.29 is 14.3 Å². The summed E-state index contributed by atoms with van der Waals surface area (Å²) < 4.78 is 4.92. The van der Waals surface area contributed by atoms with E-state index in [1.807, 2.05) is 13.8 Å². The number of rotatable bonds is 3. The molecule has 0 bridgehead atoms. The van der Waals surface area contributed by atoms with Crippen LogP contribution in [-0.4, -0.2) is 50.8 Å². The van der Waals surface area contributed by atoms with Crippen LogP contribution in [0, 0.1) is 13.8 Å². The Kier molecular flexibility index (Phi) is 4.47. The maximum atomic E-state index is 12.6. The van der Waals surface area contributed by atoms with Crippen LogP contribution in [0.25, 0.3) is 0 Å². The molecule has 1 aliphatic rings. The number of H-pyrrole nitrogens is 1. The van der Waals surface area contributed by atoms with Gasteiger partial charge in [0.15, 0.2) is 0 Å². The Balaban J connectivity index is 1.74. The predicted octanol–water partition coefficient (Wildman–Crippen LogP) is 1.19. The van der Waals surface area contributed by atoms with Gasteiger partial charge in [0.2, 0.25) is 5.13 Å². The van der Waals surface area contributed by atoms with E-state index in [4.69, 9.17) is 4.74 Å². The average Bonchev–Trinajstić information content (AvgIpc) is 3.27. The fourth-order valence-corrected chi connectivity index (χ4v) is 3.54. The van der Waals surface area contributed by atoms with Crippen LogP contribution in [0.3, 0.4) is 0 Å². The molecule has 2 aromatic rings. The molecular weight excluding hydrogens is 332 g/mol. The summed E-state index contributed by atoms with van der Waals surface area (Å²) in [5, 5.41) is 17.6. The Morgan fingerprint density at radius 2 is 2.17 bits per heavy atom. The van der Waals surface area contributed by atoms with Crippen molar-refractivity contribution >= 4 is 28.3 Å². The topological polar surface area (TPSA) is 113 Å². The molecule has 3 heterocycles. The van der Waals surface area contributed by atoms with E-state index in [0.29, 0.717) is 11.7 Å². The lowest BCUT2D eigenvalue weighted by Crippen LogP contribution is -2.39. The third kappa shape index (κ3) is 2.96. The van der Waals surface area contributed by atoms with E-state index >= 15 is 0 Å². The van der Waals surface area contributed by atoms with Gasteiger partial charge in [-0.15, -0.1) is 5.10 Å². The molecule has 2 amide bonds. The van der Waals surface area contributed by atoms with Crippen molar-refractivity contribution in [2.75, 3.05) is 19.0 Å². The quantitative estimate of drug-likeness (QED) is 0.804. The fraction of sp³-hybridized carbons (Fsp3) is 0.500. The number of amides is 2. The van der Waals surface area contributed by atoms with E-state index in [1.54, 1.807) is 4.90 Å². The number of aromatic amines is 1. The molecule has 2 aromatic heterocycles. The summed E-state index contributed by atoms with van der Waals surface area (Å²) in [6.45, 7) is 4.36. The number of likely N-dealkylation sites (tertiary alicyclic amines) is 1. The number of aryl methyl sites for hydroxylation is 2. The lowest BCUT2D eigenvalue weighted by atomic mass is 10.0. The lowest BCUT2D eigenvalue weighted by Gasteiger charge is -2.24. The van der Waals surface area contributed by atoms with Crippen LogP contribution in [0.4, 0.5) is 5.13 Å². The van der Waals surface area contributed by atoms with Gasteiger partial charge in [-0.1, -0.05) is 5.10 Å². The molecular formula is C14H18N6O3S. The van der Waals surface area contributed by atoms with Gasteiger partial charge in [0, 0.05) is 17.8 Å². The molecule has 10 heteroatoms. The molecule has 9 nitrogen and oxygen atoms in total. The molecule has 1 fully saturated rings. The molecule has 0 radical (unpaired) electrons. The predicted molar refractivity (Wildman–Crippen MR) is 86.8 cm³/mol. The minimum Gasteiger partial charge on any atom is -0.472 e. The second-order valence-corrected chi connectivity index (χ2v) is 6.48. The summed E-state index contributed by atoms with van der Waals surface area (Å²) in [5.41, 5.74) is 2.77. The normalized spacial score (nSPS) is 17.1. The summed E-state index contributed by atoms with van der Waals surface area (Å²) in [7, 11) is 1.46. The standard InChI is InChI=1S/C14H18N6O3S/c1-7-10(8(2)17-16-7)9-5-4-6-20(9)12(22)11(21)15-13-18-19-14(23-3)24-13/h9H,4-6H2,1-3H3,(H,16,17)(H,15,18,21)/t9-/m0/s1. The Morgan fingerprint density at radius 3 is 2.79 bits per heavy atom. The van der Waals surface area contributed by atoms with Gasteiger partial charge in [-0.25, -0.2) is 0 Å². The number of methoxy groups -OCH3 is 1. The molecule has 128 valence electrons. The van der Waals surface area contributed by atoms with Crippen molar-refractivity contribution in [3.8, 4) is 5.19 Å². The molecule has 0 aliphatic carbocycles. The number of nitrogens with zero attached hydrogens (tertiary/aromatic N) is 4. The Labute approximate surface area is 142 Å². The van der Waals surface area contributed by atoms with Crippen LogP contribution in [0.2, 0.25) is 0 Å². The zero-order valence-electron chi connectivity index (χ0n) is 13.6. The number of hydrogen-bond acceptors (Lipinski definition) is 7. The lowest BCUT2D eigenvalue weighted by molar-refractivity contribution is -0.143. The monoisotopic (exact) mass is 350 g/mol. The zero-order valence-corrected chi connectivity index (χ0v) is 14.4. The van der Waals surface area contributed by atoms with E-state index in [2.05, 4.69) is 25.7 Å². The largest absolute Gasteiger partial charge is 0.472 e. The van der Waals surface area contributed by atoms with Gasteiger partial charge in [0.25, 0.3) is 5.19 Å². The van der Waals surface area contributed by atoms with E-state index in [0.717, 1.165) is 41.1 Å². The van der Waals surface area contributed by atoms with Crippen LogP contribution in [0.5, 0.6) is 5.19 Å². The molecule has 24 heavy (non-hydrogen) atoms. The van der Waals surface area contributed by atoms with Crippen molar-refractivity contribution in [2.45, 2.75) is 32.7 Å². The van der Waals surface area contributed by atoms with Crippen LogP contribution in [0.15, 0.2) is 0 Å². The Morgan fingerprint density at radius 1 is 1.38 bits per heavy atom. The molecule has 0 saturated carbocycles. The zero-order chi connectivity index (χ0) is 17.3. The van der Waals surface area contributed by atoms with E-state index in [1.165, 1.54) is 7.11 Å².